The Labute approximate surface area is 185 Å². The zero-order chi connectivity index (χ0) is 21.9. The van der Waals surface area contributed by atoms with Crippen molar-refractivity contribution in [2.45, 2.75) is 32.4 Å². The van der Waals surface area contributed by atoms with Crippen LogP contribution in [0.2, 0.25) is 5.02 Å². The Balaban J connectivity index is 1.63. The molecule has 3 heterocycles. The second-order valence-corrected chi connectivity index (χ2v) is 8.62. The van der Waals surface area contributed by atoms with Crippen molar-refractivity contribution in [1.82, 2.24) is 4.98 Å². The SMILES string of the molecule is CC1CC=CC2=C1C(=O)N(c1ccc3c(n1)O[C@H](C)C(=O)N3C)C2c1ccc(Cl)cc1. The van der Waals surface area contributed by atoms with Gasteiger partial charge in [0.1, 0.15) is 11.5 Å². The van der Waals surface area contributed by atoms with Crippen molar-refractivity contribution in [1.29, 1.82) is 0 Å². The molecule has 3 aliphatic rings. The first kappa shape index (κ1) is 19.8. The normalized spacial score (nSPS) is 25.0. The van der Waals surface area contributed by atoms with Crippen LogP contribution in [0.15, 0.2) is 59.7 Å². The number of anilines is 2. The molecule has 1 aliphatic carbocycles. The zero-order valence-corrected chi connectivity index (χ0v) is 18.3. The maximum Gasteiger partial charge on any atom is 0.267 e. The lowest BCUT2D eigenvalue weighted by Gasteiger charge is -2.31. The van der Waals surface area contributed by atoms with E-state index in [9.17, 15) is 9.59 Å². The summed E-state index contributed by atoms with van der Waals surface area (Å²) in [6.07, 6.45) is 4.37. The quantitative estimate of drug-likeness (QED) is 0.698. The van der Waals surface area contributed by atoms with Crippen molar-refractivity contribution in [3.8, 4) is 5.88 Å². The average molecular weight is 436 g/mol. The monoisotopic (exact) mass is 435 g/mol. The summed E-state index contributed by atoms with van der Waals surface area (Å²) < 4.78 is 5.76. The predicted molar refractivity (Wildman–Crippen MR) is 119 cm³/mol. The smallest absolute Gasteiger partial charge is 0.267 e. The number of carbonyl (C=O) groups excluding carboxylic acids is 2. The Morgan fingerprint density at radius 1 is 1.10 bits per heavy atom. The highest BCUT2D eigenvalue weighted by Gasteiger charge is 2.43. The fraction of sp³-hybridized carbons (Fsp3) is 0.292. The van der Waals surface area contributed by atoms with Crippen LogP contribution in [0.3, 0.4) is 0 Å². The first-order chi connectivity index (χ1) is 14.9. The van der Waals surface area contributed by atoms with Crippen LogP contribution in [0.25, 0.3) is 0 Å². The van der Waals surface area contributed by atoms with Gasteiger partial charge in [-0.2, -0.15) is 4.98 Å². The van der Waals surface area contributed by atoms with Gasteiger partial charge in [-0.3, -0.25) is 14.5 Å². The van der Waals surface area contributed by atoms with Crippen molar-refractivity contribution >= 4 is 34.9 Å². The number of carbonyl (C=O) groups is 2. The van der Waals surface area contributed by atoms with Crippen LogP contribution in [0, 0.1) is 5.92 Å². The number of nitrogens with zero attached hydrogens (tertiary/aromatic N) is 3. The molecule has 0 saturated carbocycles. The summed E-state index contributed by atoms with van der Waals surface area (Å²) in [5.74, 6) is 0.795. The lowest BCUT2D eigenvalue weighted by Crippen LogP contribution is -2.42. The average Bonchev–Trinajstić information content (AvgIpc) is 3.06. The third-order valence-corrected chi connectivity index (χ3v) is 6.43. The minimum atomic E-state index is -0.629. The molecule has 2 amide bonds. The molecule has 0 bridgehead atoms. The fourth-order valence-electron chi connectivity index (χ4n) is 4.57. The number of hydrogen-bond donors (Lipinski definition) is 0. The van der Waals surface area contributed by atoms with Gasteiger partial charge in [0.2, 0.25) is 5.88 Å². The molecule has 2 aromatic rings. The molecular weight excluding hydrogens is 414 g/mol. The van der Waals surface area contributed by atoms with Crippen molar-refractivity contribution < 1.29 is 14.3 Å². The van der Waals surface area contributed by atoms with E-state index in [2.05, 4.69) is 24.1 Å². The van der Waals surface area contributed by atoms with E-state index in [1.54, 1.807) is 31.0 Å². The number of hydrogen-bond acceptors (Lipinski definition) is 4. The van der Waals surface area contributed by atoms with E-state index in [0.29, 0.717) is 22.4 Å². The molecule has 1 aromatic carbocycles. The summed E-state index contributed by atoms with van der Waals surface area (Å²) in [7, 11) is 1.70. The standard InChI is InChI=1S/C24H22ClN3O3/c1-13-5-4-6-17-20(13)24(30)28(21(17)15-7-9-16(25)10-8-15)19-12-11-18-22(26-19)31-14(2)23(29)27(18)3/h4,6-14,21H,5H2,1-3H3/t13?,14-,21?/m1/s1. The summed E-state index contributed by atoms with van der Waals surface area (Å²) in [6.45, 7) is 3.77. The first-order valence-corrected chi connectivity index (χ1v) is 10.7. The van der Waals surface area contributed by atoms with Gasteiger partial charge in [-0.15, -0.1) is 0 Å². The highest BCUT2D eigenvalue weighted by atomic mass is 35.5. The van der Waals surface area contributed by atoms with Gasteiger partial charge in [-0.1, -0.05) is 42.8 Å². The third-order valence-electron chi connectivity index (χ3n) is 6.18. The van der Waals surface area contributed by atoms with E-state index >= 15 is 0 Å². The van der Waals surface area contributed by atoms with E-state index < -0.39 is 6.10 Å². The highest BCUT2D eigenvalue weighted by molar-refractivity contribution is 6.30. The second-order valence-electron chi connectivity index (χ2n) is 8.19. The Morgan fingerprint density at radius 3 is 2.58 bits per heavy atom. The van der Waals surface area contributed by atoms with Gasteiger partial charge in [0, 0.05) is 17.6 Å². The summed E-state index contributed by atoms with van der Waals surface area (Å²) in [5.41, 5.74) is 3.37. The number of amides is 2. The summed E-state index contributed by atoms with van der Waals surface area (Å²) >= 11 is 6.11. The summed E-state index contributed by atoms with van der Waals surface area (Å²) in [4.78, 5) is 33.8. The molecule has 2 unspecified atom stereocenters. The van der Waals surface area contributed by atoms with E-state index in [4.69, 9.17) is 16.3 Å². The van der Waals surface area contributed by atoms with E-state index in [1.807, 2.05) is 24.3 Å². The molecule has 6 nitrogen and oxygen atoms in total. The van der Waals surface area contributed by atoms with Crippen molar-refractivity contribution in [3.05, 3.63) is 70.3 Å². The Morgan fingerprint density at radius 2 is 1.84 bits per heavy atom. The van der Waals surface area contributed by atoms with Crippen LogP contribution in [0.1, 0.15) is 31.9 Å². The number of allylic oxidation sites excluding steroid dienone is 1. The molecule has 1 aromatic heterocycles. The lowest BCUT2D eigenvalue weighted by molar-refractivity contribution is -0.125. The van der Waals surface area contributed by atoms with Gasteiger partial charge in [0.05, 0.1) is 6.04 Å². The molecular formula is C24H22ClN3O3. The minimum absolute atomic E-state index is 0.0486. The maximum absolute atomic E-state index is 13.6. The van der Waals surface area contributed by atoms with Crippen molar-refractivity contribution in [2.75, 3.05) is 16.8 Å². The van der Waals surface area contributed by atoms with E-state index in [-0.39, 0.29) is 23.8 Å². The predicted octanol–water partition coefficient (Wildman–Crippen LogP) is 4.46. The molecule has 0 N–H and O–H groups in total. The topological polar surface area (TPSA) is 62.7 Å². The Hall–Kier alpha value is -3.12. The van der Waals surface area contributed by atoms with Crippen LogP contribution in [-0.2, 0) is 9.59 Å². The van der Waals surface area contributed by atoms with Crippen LogP contribution < -0.4 is 14.5 Å². The van der Waals surface area contributed by atoms with Gasteiger partial charge < -0.3 is 9.64 Å². The number of pyridine rings is 1. The summed E-state index contributed by atoms with van der Waals surface area (Å²) in [5, 5.41) is 0.642. The van der Waals surface area contributed by atoms with Gasteiger partial charge in [0.25, 0.3) is 11.8 Å². The van der Waals surface area contributed by atoms with E-state index in [0.717, 1.165) is 23.1 Å². The number of rotatable bonds is 2. The third kappa shape index (κ3) is 3.05. The molecule has 7 heteroatoms. The molecule has 0 radical (unpaired) electrons. The summed E-state index contributed by atoms with van der Waals surface area (Å²) in [6, 6.07) is 10.8. The highest BCUT2D eigenvalue weighted by Crippen LogP contribution is 2.47. The number of fused-ring (bicyclic) bond motifs is 1. The largest absolute Gasteiger partial charge is 0.463 e. The number of aromatic nitrogens is 1. The molecule has 3 atom stereocenters. The molecule has 158 valence electrons. The number of ether oxygens (including phenoxy) is 1. The van der Waals surface area contributed by atoms with Gasteiger partial charge >= 0.3 is 0 Å². The molecule has 31 heavy (non-hydrogen) atoms. The van der Waals surface area contributed by atoms with E-state index in [1.165, 1.54) is 4.90 Å². The lowest BCUT2D eigenvalue weighted by atomic mass is 9.86. The molecule has 5 rings (SSSR count). The first-order valence-electron chi connectivity index (χ1n) is 10.3. The number of benzene rings is 1. The van der Waals surface area contributed by atoms with Crippen LogP contribution in [-0.4, -0.2) is 29.9 Å². The molecule has 2 aliphatic heterocycles. The second kappa shape index (κ2) is 7.24. The van der Waals surface area contributed by atoms with Crippen LogP contribution in [0.5, 0.6) is 5.88 Å². The van der Waals surface area contributed by atoms with Gasteiger partial charge in [-0.05, 0) is 54.7 Å². The zero-order valence-electron chi connectivity index (χ0n) is 17.5. The molecule has 0 saturated heterocycles. The van der Waals surface area contributed by atoms with Crippen LogP contribution >= 0.6 is 11.6 Å². The minimum Gasteiger partial charge on any atom is -0.463 e. The Bertz CT molecular complexity index is 1160. The fourth-order valence-corrected chi connectivity index (χ4v) is 4.69. The van der Waals surface area contributed by atoms with Crippen LogP contribution in [0.4, 0.5) is 11.5 Å². The Kier molecular flexibility index (Phi) is 4.63. The number of likely N-dealkylation sites (N-methyl/N-ethyl adjacent to an activating group) is 1. The molecule has 0 fully saturated rings. The van der Waals surface area contributed by atoms with Crippen molar-refractivity contribution in [3.63, 3.8) is 0 Å². The van der Waals surface area contributed by atoms with Gasteiger partial charge in [0.15, 0.2) is 6.10 Å². The maximum atomic E-state index is 13.6. The van der Waals surface area contributed by atoms with Gasteiger partial charge in [-0.25, -0.2) is 0 Å². The van der Waals surface area contributed by atoms with Crippen molar-refractivity contribution in [2.24, 2.45) is 5.92 Å². The molecule has 0 spiro atoms. The number of halogens is 1.